The first-order chi connectivity index (χ1) is 8.87. The molecule has 0 amide bonds. The second-order valence-corrected chi connectivity index (χ2v) is 5.98. The third-order valence-electron chi connectivity index (χ3n) is 3.95. The Labute approximate surface area is 119 Å². The van der Waals surface area contributed by atoms with Crippen molar-refractivity contribution in [2.75, 3.05) is 21.1 Å². The lowest BCUT2D eigenvalue weighted by molar-refractivity contribution is 0.131. The standard InChI is InChI=1S/C15H21ClN2O/c1-15(2,18(4)5)14(17-3)12-9-10-7-6-8-11(16)13(10)19-12/h6-9,14,17H,1-5H3. The van der Waals surface area contributed by atoms with Crippen molar-refractivity contribution in [2.24, 2.45) is 0 Å². The van der Waals surface area contributed by atoms with E-state index in [2.05, 4.69) is 44.2 Å². The quantitative estimate of drug-likeness (QED) is 0.926. The minimum Gasteiger partial charge on any atom is -0.458 e. The van der Waals surface area contributed by atoms with E-state index in [0.717, 1.165) is 16.7 Å². The molecule has 2 aromatic rings. The van der Waals surface area contributed by atoms with Crippen molar-refractivity contribution in [1.82, 2.24) is 10.2 Å². The number of likely N-dealkylation sites (N-methyl/N-ethyl adjacent to an activating group) is 2. The van der Waals surface area contributed by atoms with Crippen molar-refractivity contribution in [3.8, 4) is 0 Å². The topological polar surface area (TPSA) is 28.4 Å². The molecule has 1 aromatic heterocycles. The summed E-state index contributed by atoms with van der Waals surface area (Å²) in [5, 5.41) is 5.03. The minimum atomic E-state index is -0.0743. The van der Waals surface area contributed by atoms with Crippen LogP contribution in [0.25, 0.3) is 11.0 Å². The maximum Gasteiger partial charge on any atom is 0.152 e. The van der Waals surface area contributed by atoms with Crippen LogP contribution in [0.2, 0.25) is 5.02 Å². The van der Waals surface area contributed by atoms with Gasteiger partial charge in [-0.2, -0.15) is 0 Å². The van der Waals surface area contributed by atoms with Gasteiger partial charge in [-0.25, -0.2) is 0 Å². The summed E-state index contributed by atoms with van der Waals surface area (Å²) in [6.45, 7) is 4.37. The zero-order valence-electron chi connectivity index (χ0n) is 12.1. The molecular formula is C15H21ClN2O. The first-order valence-electron chi connectivity index (χ1n) is 6.40. The third kappa shape index (κ3) is 2.50. The average molecular weight is 281 g/mol. The van der Waals surface area contributed by atoms with Gasteiger partial charge in [0, 0.05) is 10.9 Å². The molecule has 3 nitrogen and oxygen atoms in total. The highest BCUT2D eigenvalue weighted by Crippen LogP contribution is 2.34. The predicted molar refractivity (Wildman–Crippen MR) is 80.8 cm³/mol. The smallest absolute Gasteiger partial charge is 0.152 e. The van der Waals surface area contributed by atoms with Crippen LogP contribution in [0, 0.1) is 0 Å². The van der Waals surface area contributed by atoms with Crippen molar-refractivity contribution in [3.63, 3.8) is 0 Å². The highest BCUT2D eigenvalue weighted by molar-refractivity contribution is 6.34. The molecule has 2 rings (SSSR count). The van der Waals surface area contributed by atoms with Gasteiger partial charge in [0.05, 0.1) is 11.1 Å². The van der Waals surface area contributed by atoms with E-state index >= 15 is 0 Å². The molecule has 0 fully saturated rings. The number of fused-ring (bicyclic) bond motifs is 1. The molecule has 1 heterocycles. The average Bonchev–Trinajstić information content (AvgIpc) is 2.74. The Morgan fingerprint density at radius 2 is 2.00 bits per heavy atom. The van der Waals surface area contributed by atoms with Crippen LogP contribution in [0.4, 0.5) is 0 Å². The van der Waals surface area contributed by atoms with Crippen LogP contribution >= 0.6 is 11.6 Å². The lowest BCUT2D eigenvalue weighted by atomic mass is 9.91. The van der Waals surface area contributed by atoms with Gasteiger partial charge < -0.3 is 14.6 Å². The molecule has 0 aliphatic rings. The Morgan fingerprint density at radius 3 is 2.53 bits per heavy atom. The summed E-state index contributed by atoms with van der Waals surface area (Å²) in [7, 11) is 6.09. The molecule has 0 spiro atoms. The highest BCUT2D eigenvalue weighted by atomic mass is 35.5. The van der Waals surface area contributed by atoms with Gasteiger partial charge in [-0.05, 0) is 47.1 Å². The molecule has 0 bridgehead atoms. The third-order valence-corrected chi connectivity index (χ3v) is 4.25. The molecule has 0 aliphatic carbocycles. The first-order valence-corrected chi connectivity index (χ1v) is 6.78. The van der Waals surface area contributed by atoms with Crippen molar-refractivity contribution in [2.45, 2.75) is 25.4 Å². The Bertz CT molecular complexity index is 575. The Balaban J connectivity index is 2.50. The van der Waals surface area contributed by atoms with E-state index < -0.39 is 0 Å². The van der Waals surface area contributed by atoms with Gasteiger partial charge in [-0.3, -0.25) is 0 Å². The van der Waals surface area contributed by atoms with E-state index in [9.17, 15) is 0 Å². The summed E-state index contributed by atoms with van der Waals surface area (Å²) < 4.78 is 5.97. The van der Waals surface area contributed by atoms with Crippen LogP contribution in [0.3, 0.4) is 0 Å². The van der Waals surface area contributed by atoms with Gasteiger partial charge in [0.1, 0.15) is 5.76 Å². The number of hydrogen-bond donors (Lipinski definition) is 1. The number of furan rings is 1. The summed E-state index contributed by atoms with van der Waals surface area (Å²) in [4.78, 5) is 2.18. The first kappa shape index (κ1) is 14.4. The molecule has 0 aliphatic heterocycles. The Morgan fingerprint density at radius 1 is 1.32 bits per heavy atom. The number of nitrogens with zero attached hydrogens (tertiary/aromatic N) is 1. The molecule has 1 atom stereocenters. The number of rotatable bonds is 4. The molecule has 104 valence electrons. The molecule has 1 aromatic carbocycles. The monoisotopic (exact) mass is 280 g/mol. The number of nitrogens with one attached hydrogen (secondary N) is 1. The van der Waals surface area contributed by atoms with Crippen LogP contribution in [-0.4, -0.2) is 31.6 Å². The van der Waals surface area contributed by atoms with Crippen LogP contribution in [0.5, 0.6) is 0 Å². The number of hydrogen-bond acceptors (Lipinski definition) is 3. The zero-order chi connectivity index (χ0) is 14.2. The molecule has 19 heavy (non-hydrogen) atoms. The fraction of sp³-hybridized carbons (Fsp3) is 0.467. The summed E-state index contributed by atoms with van der Waals surface area (Å²) in [6.07, 6.45) is 0. The van der Waals surface area contributed by atoms with Gasteiger partial charge in [0.15, 0.2) is 5.58 Å². The minimum absolute atomic E-state index is 0.0743. The fourth-order valence-electron chi connectivity index (χ4n) is 2.29. The molecule has 0 saturated heterocycles. The van der Waals surface area contributed by atoms with Gasteiger partial charge in [0.25, 0.3) is 0 Å². The van der Waals surface area contributed by atoms with E-state index in [1.165, 1.54) is 0 Å². The zero-order valence-corrected chi connectivity index (χ0v) is 12.9. The van der Waals surface area contributed by atoms with Crippen molar-refractivity contribution in [3.05, 3.63) is 35.0 Å². The van der Waals surface area contributed by atoms with E-state index in [-0.39, 0.29) is 11.6 Å². The Hall–Kier alpha value is -1.03. The highest BCUT2D eigenvalue weighted by Gasteiger charge is 2.34. The maximum absolute atomic E-state index is 6.17. The lowest BCUT2D eigenvalue weighted by Crippen LogP contribution is -2.48. The summed E-state index contributed by atoms with van der Waals surface area (Å²) in [5.41, 5.74) is 0.684. The molecule has 0 saturated carbocycles. The van der Waals surface area contributed by atoms with Crippen molar-refractivity contribution < 1.29 is 4.42 Å². The van der Waals surface area contributed by atoms with Gasteiger partial charge in [-0.15, -0.1) is 0 Å². The Kier molecular flexibility index (Phi) is 3.90. The number of benzene rings is 1. The summed E-state index contributed by atoms with van der Waals surface area (Å²) in [6, 6.07) is 7.96. The van der Waals surface area contributed by atoms with Crippen LogP contribution in [-0.2, 0) is 0 Å². The second-order valence-electron chi connectivity index (χ2n) is 5.58. The van der Waals surface area contributed by atoms with Gasteiger partial charge in [0.2, 0.25) is 0 Å². The number of halogens is 1. The van der Waals surface area contributed by atoms with Gasteiger partial charge in [-0.1, -0.05) is 23.7 Å². The normalized spacial score (nSPS) is 14.3. The number of para-hydroxylation sites is 1. The van der Waals surface area contributed by atoms with Gasteiger partial charge >= 0.3 is 0 Å². The van der Waals surface area contributed by atoms with E-state index in [1.807, 2.05) is 25.2 Å². The predicted octanol–water partition coefficient (Wildman–Crippen LogP) is 3.69. The second kappa shape index (κ2) is 5.16. The SMILES string of the molecule is CNC(c1cc2cccc(Cl)c2o1)C(C)(C)N(C)C. The molecule has 0 radical (unpaired) electrons. The van der Waals surface area contributed by atoms with Crippen LogP contribution in [0.15, 0.2) is 28.7 Å². The largest absolute Gasteiger partial charge is 0.458 e. The lowest BCUT2D eigenvalue weighted by Gasteiger charge is -2.38. The maximum atomic E-state index is 6.17. The van der Waals surface area contributed by atoms with Crippen molar-refractivity contribution in [1.29, 1.82) is 0 Å². The molecule has 1 unspecified atom stereocenters. The molecule has 1 N–H and O–H groups in total. The fourth-order valence-corrected chi connectivity index (χ4v) is 2.51. The van der Waals surface area contributed by atoms with Crippen LogP contribution in [0.1, 0.15) is 25.6 Å². The summed E-state index contributed by atoms with van der Waals surface area (Å²) in [5.74, 6) is 0.907. The van der Waals surface area contributed by atoms with Crippen molar-refractivity contribution >= 4 is 22.6 Å². The van der Waals surface area contributed by atoms with E-state index in [0.29, 0.717) is 5.02 Å². The van der Waals surface area contributed by atoms with E-state index in [1.54, 1.807) is 0 Å². The van der Waals surface area contributed by atoms with E-state index in [4.69, 9.17) is 16.0 Å². The molecule has 4 heteroatoms. The molecular weight excluding hydrogens is 260 g/mol. The summed E-state index contributed by atoms with van der Waals surface area (Å²) >= 11 is 6.17. The van der Waals surface area contributed by atoms with Crippen LogP contribution < -0.4 is 5.32 Å².